The third kappa shape index (κ3) is 4.46. The van der Waals surface area contributed by atoms with E-state index in [1.54, 1.807) is 0 Å². The van der Waals surface area contributed by atoms with Gasteiger partial charge in [-0.25, -0.2) is 0 Å². The fourth-order valence-electron chi connectivity index (χ4n) is 1.03. The lowest BCUT2D eigenvalue weighted by Gasteiger charge is -2.14. The second kappa shape index (κ2) is 6.14. The van der Waals surface area contributed by atoms with Gasteiger partial charge in [-0.2, -0.15) is 0 Å². The molecule has 72 valence electrons. The van der Waals surface area contributed by atoms with Crippen LogP contribution in [0, 0.1) is 0 Å². The topological polar surface area (TPSA) is 57.5 Å². The minimum absolute atomic E-state index is 0.362. The molecule has 2 N–H and O–H groups in total. The van der Waals surface area contributed by atoms with Gasteiger partial charge in [0.2, 0.25) is 0 Å². The number of ketones is 1. The summed E-state index contributed by atoms with van der Waals surface area (Å²) in [5.41, 5.74) is 0. The van der Waals surface area contributed by atoms with Crippen molar-refractivity contribution >= 4 is 5.78 Å². The van der Waals surface area contributed by atoms with Gasteiger partial charge in [0.1, 0.15) is 6.10 Å². The molecule has 0 spiro atoms. The Morgan fingerprint density at radius 3 is 2.33 bits per heavy atom. The lowest BCUT2D eigenvalue weighted by atomic mass is 10.0. The van der Waals surface area contributed by atoms with Crippen LogP contribution in [0.5, 0.6) is 0 Å². The van der Waals surface area contributed by atoms with E-state index in [0.717, 1.165) is 19.3 Å². The van der Waals surface area contributed by atoms with E-state index in [9.17, 15) is 9.90 Å². The molecule has 12 heavy (non-hydrogen) atoms. The standard InChI is InChI=1S/C9H18O3/c1-3-4-5-6-8(11)9(12)7(2)10/h8-9,11-12H,3-6H2,1-2H3/t8-,9-/m1/s1. The first-order valence-electron chi connectivity index (χ1n) is 4.46. The number of hydrogen-bond donors (Lipinski definition) is 2. The average Bonchev–Trinajstić information content (AvgIpc) is 2.03. The summed E-state index contributed by atoms with van der Waals surface area (Å²) in [6, 6.07) is 0. The Labute approximate surface area is 73.4 Å². The number of hydrogen-bond acceptors (Lipinski definition) is 3. The van der Waals surface area contributed by atoms with Crippen molar-refractivity contribution in [3.05, 3.63) is 0 Å². The van der Waals surface area contributed by atoms with Gasteiger partial charge >= 0.3 is 0 Å². The van der Waals surface area contributed by atoms with Crippen LogP contribution >= 0.6 is 0 Å². The van der Waals surface area contributed by atoms with Gasteiger partial charge in [-0.05, 0) is 13.3 Å². The molecule has 0 heterocycles. The fourth-order valence-corrected chi connectivity index (χ4v) is 1.03. The average molecular weight is 174 g/mol. The number of unbranched alkanes of at least 4 members (excludes halogenated alkanes) is 2. The van der Waals surface area contributed by atoms with Crippen LogP contribution in [0.2, 0.25) is 0 Å². The lowest BCUT2D eigenvalue weighted by Crippen LogP contribution is -2.32. The second-order valence-electron chi connectivity index (χ2n) is 3.12. The van der Waals surface area contributed by atoms with E-state index in [4.69, 9.17) is 5.11 Å². The third-order valence-corrected chi connectivity index (χ3v) is 1.88. The zero-order valence-corrected chi connectivity index (χ0v) is 7.79. The summed E-state index contributed by atoms with van der Waals surface area (Å²) in [5.74, 6) is -0.362. The van der Waals surface area contributed by atoms with Gasteiger partial charge in [-0.1, -0.05) is 26.2 Å². The molecule has 0 saturated carbocycles. The van der Waals surface area contributed by atoms with E-state index in [1.807, 2.05) is 0 Å². The molecule has 0 aromatic rings. The minimum atomic E-state index is -1.19. The quantitative estimate of drug-likeness (QED) is 0.588. The Hall–Kier alpha value is -0.410. The molecule has 0 unspecified atom stereocenters. The molecule has 0 fully saturated rings. The van der Waals surface area contributed by atoms with Crippen LogP contribution in [0.15, 0.2) is 0 Å². The Balaban J connectivity index is 3.56. The molecule has 3 heteroatoms. The maximum absolute atomic E-state index is 10.6. The van der Waals surface area contributed by atoms with E-state index in [2.05, 4.69) is 6.92 Å². The number of rotatable bonds is 6. The highest BCUT2D eigenvalue weighted by atomic mass is 16.3. The molecular formula is C9H18O3. The molecule has 3 nitrogen and oxygen atoms in total. The van der Waals surface area contributed by atoms with Gasteiger partial charge in [0, 0.05) is 0 Å². The van der Waals surface area contributed by atoms with E-state index in [1.165, 1.54) is 6.92 Å². The van der Waals surface area contributed by atoms with Crippen molar-refractivity contribution in [2.24, 2.45) is 0 Å². The molecule has 0 saturated heterocycles. The summed E-state index contributed by atoms with van der Waals surface area (Å²) < 4.78 is 0. The summed E-state index contributed by atoms with van der Waals surface area (Å²) >= 11 is 0. The summed E-state index contributed by atoms with van der Waals surface area (Å²) in [6.45, 7) is 3.35. The Morgan fingerprint density at radius 2 is 1.92 bits per heavy atom. The van der Waals surface area contributed by atoms with Crippen molar-refractivity contribution in [1.82, 2.24) is 0 Å². The predicted octanol–water partition coefficient (Wildman–Crippen LogP) is 0.877. The summed E-state index contributed by atoms with van der Waals surface area (Å²) in [6.07, 6.45) is 1.40. The molecule has 0 aliphatic carbocycles. The fraction of sp³-hybridized carbons (Fsp3) is 0.889. The normalized spacial score (nSPS) is 15.7. The first-order chi connectivity index (χ1) is 5.59. The van der Waals surface area contributed by atoms with E-state index in [-0.39, 0.29) is 5.78 Å². The molecule has 0 amide bonds. The lowest BCUT2D eigenvalue weighted by molar-refractivity contribution is -0.130. The smallest absolute Gasteiger partial charge is 0.160 e. The predicted molar refractivity (Wildman–Crippen MR) is 46.8 cm³/mol. The van der Waals surface area contributed by atoms with Crippen molar-refractivity contribution < 1.29 is 15.0 Å². The molecule has 0 aromatic carbocycles. The second-order valence-corrected chi connectivity index (χ2v) is 3.12. The molecular weight excluding hydrogens is 156 g/mol. The van der Waals surface area contributed by atoms with Crippen LogP contribution in [-0.2, 0) is 4.79 Å². The van der Waals surface area contributed by atoms with Crippen molar-refractivity contribution in [1.29, 1.82) is 0 Å². The third-order valence-electron chi connectivity index (χ3n) is 1.88. The maximum Gasteiger partial charge on any atom is 0.160 e. The number of aliphatic hydroxyl groups is 2. The van der Waals surface area contributed by atoms with E-state index < -0.39 is 12.2 Å². The molecule has 0 bridgehead atoms. The van der Waals surface area contributed by atoms with Gasteiger partial charge in [0.05, 0.1) is 6.10 Å². The summed E-state index contributed by atoms with van der Waals surface area (Å²) in [7, 11) is 0. The Bertz CT molecular complexity index is 134. The molecule has 0 aliphatic heterocycles. The number of carbonyl (C=O) groups excluding carboxylic acids is 1. The zero-order valence-electron chi connectivity index (χ0n) is 7.79. The maximum atomic E-state index is 10.6. The molecule has 2 atom stereocenters. The van der Waals surface area contributed by atoms with Crippen molar-refractivity contribution in [2.45, 2.75) is 51.7 Å². The summed E-state index contributed by atoms with van der Waals surface area (Å²) in [4.78, 5) is 10.6. The van der Waals surface area contributed by atoms with Crippen LogP contribution in [0.4, 0.5) is 0 Å². The van der Waals surface area contributed by atoms with Gasteiger partial charge in [-0.3, -0.25) is 4.79 Å². The SMILES string of the molecule is CCCCC[C@@H](O)[C@H](O)C(C)=O. The van der Waals surface area contributed by atoms with Crippen molar-refractivity contribution in [3.63, 3.8) is 0 Å². The van der Waals surface area contributed by atoms with Gasteiger partial charge in [-0.15, -0.1) is 0 Å². The number of aliphatic hydroxyl groups excluding tert-OH is 2. The molecule has 0 aromatic heterocycles. The highest BCUT2D eigenvalue weighted by Gasteiger charge is 2.19. The Kier molecular flexibility index (Phi) is 5.93. The van der Waals surface area contributed by atoms with Crippen LogP contribution < -0.4 is 0 Å². The van der Waals surface area contributed by atoms with Crippen LogP contribution in [-0.4, -0.2) is 28.2 Å². The van der Waals surface area contributed by atoms with Crippen LogP contribution in [0.25, 0.3) is 0 Å². The van der Waals surface area contributed by atoms with Crippen molar-refractivity contribution in [2.75, 3.05) is 0 Å². The Morgan fingerprint density at radius 1 is 1.33 bits per heavy atom. The summed E-state index contributed by atoms with van der Waals surface area (Å²) in [5, 5.41) is 18.3. The van der Waals surface area contributed by atoms with E-state index >= 15 is 0 Å². The van der Waals surface area contributed by atoms with Gasteiger partial charge in [0.25, 0.3) is 0 Å². The highest BCUT2D eigenvalue weighted by molar-refractivity contribution is 5.80. The number of carbonyl (C=O) groups is 1. The molecule has 0 rings (SSSR count). The van der Waals surface area contributed by atoms with Crippen LogP contribution in [0.1, 0.15) is 39.5 Å². The first-order valence-corrected chi connectivity index (χ1v) is 4.46. The monoisotopic (exact) mass is 174 g/mol. The largest absolute Gasteiger partial charge is 0.390 e. The van der Waals surface area contributed by atoms with Crippen LogP contribution in [0.3, 0.4) is 0 Å². The molecule has 0 aliphatic rings. The van der Waals surface area contributed by atoms with Crippen molar-refractivity contribution in [3.8, 4) is 0 Å². The first kappa shape index (κ1) is 11.6. The minimum Gasteiger partial charge on any atom is -0.390 e. The van der Waals surface area contributed by atoms with Gasteiger partial charge in [0.15, 0.2) is 5.78 Å². The van der Waals surface area contributed by atoms with Gasteiger partial charge < -0.3 is 10.2 Å². The number of Topliss-reactive ketones (excluding diaryl/α,β-unsaturated/α-hetero) is 1. The zero-order chi connectivity index (χ0) is 9.56. The highest BCUT2D eigenvalue weighted by Crippen LogP contribution is 2.07. The molecule has 0 radical (unpaired) electrons. The van der Waals surface area contributed by atoms with E-state index in [0.29, 0.717) is 6.42 Å².